The van der Waals surface area contributed by atoms with Gasteiger partial charge in [0.15, 0.2) is 23.3 Å². The quantitative estimate of drug-likeness (QED) is 0.124. The van der Waals surface area contributed by atoms with E-state index in [-0.39, 0.29) is 162 Å². The van der Waals surface area contributed by atoms with Crippen LogP contribution in [0.15, 0.2) is 112 Å². The zero-order valence-electron chi connectivity index (χ0n) is 33.2. The van der Waals surface area contributed by atoms with Gasteiger partial charge in [-0.25, -0.2) is 55.2 Å². The van der Waals surface area contributed by atoms with Crippen molar-refractivity contribution in [3.8, 4) is 62.4 Å². The largest absolute Gasteiger partial charge is 1.00 e. The van der Waals surface area contributed by atoms with Gasteiger partial charge in [-0.3, -0.25) is 0 Å². The molecule has 0 saturated heterocycles. The van der Waals surface area contributed by atoms with Crippen LogP contribution in [0.3, 0.4) is 0 Å². The van der Waals surface area contributed by atoms with E-state index in [4.69, 9.17) is 19.7 Å². The van der Waals surface area contributed by atoms with Gasteiger partial charge < -0.3 is 28.4 Å². The van der Waals surface area contributed by atoms with Gasteiger partial charge in [0, 0.05) is 43.8 Å². The van der Waals surface area contributed by atoms with E-state index in [1.807, 2.05) is 36.4 Å². The monoisotopic (exact) mass is 926 g/mol. The van der Waals surface area contributed by atoms with Crippen LogP contribution in [-0.4, -0.2) is 85.9 Å². The molecule has 63 heavy (non-hydrogen) atoms. The Hall–Kier alpha value is -4.01. The average Bonchev–Trinajstić information content (AvgIpc) is 3.94. The number of hydrogen-bond acceptors (Lipinski definition) is 16. The minimum atomic E-state index is -4.96. The number of methoxy groups -OCH3 is 1. The number of hydrogen-bond donors (Lipinski definition) is 2. The van der Waals surface area contributed by atoms with Crippen molar-refractivity contribution in [1.29, 1.82) is 0 Å². The van der Waals surface area contributed by atoms with Gasteiger partial charge in [-0.05, 0) is 90.0 Å². The Kier molecular flexibility index (Phi) is 12.7. The van der Waals surface area contributed by atoms with E-state index in [0.29, 0.717) is 22.1 Å². The van der Waals surface area contributed by atoms with Crippen LogP contribution < -0.4 is 93.4 Å². The van der Waals surface area contributed by atoms with E-state index in [0.717, 1.165) is 47.5 Å². The second-order valence-corrected chi connectivity index (χ2v) is 17.7. The van der Waals surface area contributed by atoms with Crippen molar-refractivity contribution in [2.24, 2.45) is 0 Å². The summed E-state index contributed by atoms with van der Waals surface area (Å²) < 4.78 is 115. The fourth-order valence-electron chi connectivity index (χ4n) is 7.16. The third kappa shape index (κ3) is 8.53. The Morgan fingerprint density at radius 1 is 0.413 bits per heavy atom. The molecule has 0 radical (unpaired) electrons. The molecule has 8 aromatic rings. The predicted octanol–water partition coefficient (Wildman–Crippen LogP) is -3.73. The molecule has 0 spiro atoms. The van der Waals surface area contributed by atoms with Gasteiger partial charge >= 0.3 is 88.7 Å². The van der Waals surface area contributed by atoms with Crippen LogP contribution >= 0.6 is 0 Å². The summed E-state index contributed by atoms with van der Waals surface area (Å²) in [6.45, 7) is 0. The van der Waals surface area contributed by atoms with Crippen molar-refractivity contribution in [3.05, 3.63) is 97.1 Å². The predicted molar refractivity (Wildman–Crippen MR) is 212 cm³/mol. The molecule has 8 bridgehead atoms. The molecule has 2 N–H and O–H groups in total. The first kappa shape index (κ1) is 47.0. The van der Waals surface area contributed by atoms with Gasteiger partial charge in [-0.1, -0.05) is 18.2 Å². The number of nitrogens with one attached hydrogen (secondary N) is 2. The average molecular weight is 927 g/mol. The molecule has 10 rings (SSSR count). The topological polar surface area (TPSA) is 290 Å². The fourth-order valence-corrected chi connectivity index (χ4v) is 8.65. The molecule has 5 aromatic carbocycles. The van der Waals surface area contributed by atoms with E-state index in [1.54, 1.807) is 13.2 Å². The number of aromatic amines is 2. The number of aromatic nitrogens is 8. The maximum atomic E-state index is 12.2. The van der Waals surface area contributed by atoms with Crippen molar-refractivity contribution in [2.75, 3.05) is 7.11 Å². The molecule has 24 heteroatoms. The van der Waals surface area contributed by atoms with Crippen LogP contribution in [0.5, 0.6) is 5.75 Å². The summed E-state index contributed by atoms with van der Waals surface area (Å²) in [5.41, 5.74) is 2.86. The van der Waals surface area contributed by atoms with Crippen LogP contribution in [-0.2, 0) is 30.4 Å². The summed E-state index contributed by atoms with van der Waals surface area (Å²) in [5.74, 6) is 0.539. The Balaban J connectivity index is 0.00000198. The van der Waals surface area contributed by atoms with E-state index in [1.165, 1.54) is 18.2 Å². The minimum Gasteiger partial charge on any atom is -0.744 e. The number of rotatable bonds is 5. The number of H-pyrrole nitrogens is 2. The van der Waals surface area contributed by atoms with Crippen LogP contribution in [0, 0.1) is 0 Å². The Bertz CT molecular complexity index is 3720. The van der Waals surface area contributed by atoms with E-state index in [2.05, 4.69) is 24.9 Å². The maximum Gasteiger partial charge on any atom is 1.00 e. The van der Waals surface area contributed by atoms with Crippen molar-refractivity contribution in [3.63, 3.8) is 0 Å². The van der Waals surface area contributed by atoms with Crippen LogP contribution in [0.25, 0.3) is 101 Å². The van der Waals surface area contributed by atoms with E-state index >= 15 is 0 Å². The summed E-state index contributed by atoms with van der Waals surface area (Å²) in [5, 5.41) is 1.43. The molecule has 0 saturated carbocycles. The number of fused-ring (bicyclic) bond motifs is 20. The molecule has 0 amide bonds. The summed E-state index contributed by atoms with van der Waals surface area (Å²) in [7, 11) is -13.3. The van der Waals surface area contributed by atoms with Gasteiger partial charge in [0.05, 0.1) is 21.8 Å². The van der Waals surface area contributed by atoms with Crippen molar-refractivity contribution < 1.29 is 132 Å². The molecule has 18 nitrogen and oxygen atoms in total. The SMILES string of the molecule is COc1ccc(-c2ccc3c4nc5nc(nc6[nH]c(nc7nc(nc([nH]4)c3c2)-c2ccc(S(=O)(=O)[O-])cc2-7)c2ccc(S(=O)(=O)[O-])cc62)-c2ccc(S(=O)(=O)[O-])cc2-5)cc1.[Na+].[Na+].[Na+]. The zero-order valence-corrected chi connectivity index (χ0v) is 41.7. The van der Waals surface area contributed by atoms with Gasteiger partial charge in [0.1, 0.15) is 58.7 Å². The van der Waals surface area contributed by atoms with Crippen LogP contribution in [0.2, 0.25) is 0 Å². The van der Waals surface area contributed by atoms with Crippen molar-refractivity contribution >= 4 is 74.5 Å². The molecule has 0 fully saturated rings. The third-order valence-corrected chi connectivity index (χ3v) is 12.5. The second-order valence-electron chi connectivity index (χ2n) is 13.6. The summed E-state index contributed by atoms with van der Waals surface area (Å²) in [4.78, 5) is 32.9. The first-order valence-corrected chi connectivity index (χ1v) is 21.7. The molecule has 3 aromatic heterocycles. The molecule has 2 aliphatic rings. The molecule has 5 heterocycles. The third-order valence-electron chi connectivity index (χ3n) is 10.0. The molecule has 298 valence electrons. The Morgan fingerprint density at radius 2 is 0.778 bits per heavy atom. The summed E-state index contributed by atoms with van der Waals surface area (Å²) in [6.07, 6.45) is 0. The molecule has 0 unspecified atom stereocenters. The molecule has 0 aliphatic carbocycles. The molecular formula is C39H21N8Na3O10S3. The first-order valence-electron chi connectivity index (χ1n) is 17.4. The molecule has 0 atom stereocenters. The van der Waals surface area contributed by atoms with Gasteiger partial charge in [-0.2, -0.15) is 0 Å². The first-order chi connectivity index (χ1) is 28.5. The van der Waals surface area contributed by atoms with Crippen molar-refractivity contribution in [1.82, 2.24) is 39.9 Å². The van der Waals surface area contributed by atoms with E-state index < -0.39 is 45.0 Å². The van der Waals surface area contributed by atoms with Crippen molar-refractivity contribution in [2.45, 2.75) is 14.7 Å². The van der Waals surface area contributed by atoms with Crippen LogP contribution in [0.1, 0.15) is 0 Å². The van der Waals surface area contributed by atoms with Gasteiger partial charge in [0.2, 0.25) is 0 Å². The Labute approximate surface area is 423 Å². The Morgan fingerprint density at radius 3 is 1.22 bits per heavy atom. The number of nitrogens with zero attached hydrogens (tertiary/aromatic N) is 6. The number of ether oxygens (including phenoxy) is 1. The molecule has 2 aliphatic heterocycles. The van der Waals surface area contributed by atoms with Crippen LogP contribution in [0.4, 0.5) is 0 Å². The number of benzene rings is 5. The summed E-state index contributed by atoms with van der Waals surface area (Å²) in [6, 6.07) is 23.5. The molecular weight excluding hydrogens is 906 g/mol. The van der Waals surface area contributed by atoms with E-state index in [9.17, 15) is 38.9 Å². The minimum absolute atomic E-state index is 0. The summed E-state index contributed by atoms with van der Waals surface area (Å²) >= 11 is 0. The normalized spacial score (nSPS) is 12.1. The fraction of sp³-hybridized carbons (Fsp3) is 0.0256. The second kappa shape index (κ2) is 17.1. The zero-order chi connectivity index (χ0) is 41.9. The maximum absolute atomic E-state index is 12.2. The standard InChI is InChI=1S/C39H24N8O10S3.3Na/c1-57-20-5-2-18(3-6-20)19-4-10-24-28(14-19)36-40-32(24)42-37-30-16-22(59(51,52)53)8-12-26(30)34(44-37)46-39-31-17-23(60(54,55)56)9-13-27(31)35(47-39)45-38-29-15-21(58(48,49)50)7-11-25(29)33(41-36)43-38;;;/h2-17H,1H3,(H,48,49,50)(H,51,52,53)(H,54,55,56)(H2,40,41,42,43,44,45,46,47);;;/q;3*+1/p-3. The van der Waals surface area contributed by atoms with Gasteiger partial charge in [-0.15, -0.1) is 0 Å². The van der Waals surface area contributed by atoms with Gasteiger partial charge in [0.25, 0.3) is 0 Å². The smallest absolute Gasteiger partial charge is 0.744 e.